The van der Waals surface area contributed by atoms with Crippen LogP contribution in [0.3, 0.4) is 0 Å². The maximum atomic E-state index is 12.5. The summed E-state index contributed by atoms with van der Waals surface area (Å²) in [6, 6.07) is 13.4. The number of hydrogen-bond donors (Lipinski definition) is 2. The van der Waals surface area contributed by atoms with Crippen LogP contribution in [0.25, 0.3) is 0 Å². The van der Waals surface area contributed by atoms with Gasteiger partial charge in [0.1, 0.15) is 17.8 Å². The van der Waals surface area contributed by atoms with Crippen LogP contribution < -0.4 is 15.5 Å². The summed E-state index contributed by atoms with van der Waals surface area (Å²) in [6.07, 6.45) is 7.35. The minimum absolute atomic E-state index is 0.261. The first kappa shape index (κ1) is 17.9. The zero-order valence-electron chi connectivity index (χ0n) is 15.5. The monoisotopic (exact) mass is 374 g/mol. The Bertz CT molecular complexity index is 923. The van der Waals surface area contributed by atoms with Gasteiger partial charge in [-0.05, 0) is 54.8 Å². The number of carbonyl (C=O) groups excluding carboxylic acids is 1. The molecule has 1 aromatic carbocycles. The first-order valence-electron chi connectivity index (χ1n) is 9.39. The van der Waals surface area contributed by atoms with Gasteiger partial charge in [0.25, 0.3) is 5.91 Å². The second-order valence-electron chi connectivity index (χ2n) is 6.69. The molecule has 0 saturated carbocycles. The van der Waals surface area contributed by atoms with E-state index in [1.54, 1.807) is 18.5 Å². The van der Waals surface area contributed by atoms with Gasteiger partial charge in [-0.1, -0.05) is 0 Å². The third-order valence-electron chi connectivity index (χ3n) is 4.72. The van der Waals surface area contributed by atoms with Crippen LogP contribution in [0.5, 0.6) is 0 Å². The molecule has 1 aliphatic rings. The number of rotatable bonds is 6. The summed E-state index contributed by atoms with van der Waals surface area (Å²) in [5.41, 5.74) is 3.34. The molecule has 0 aliphatic carbocycles. The van der Waals surface area contributed by atoms with Gasteiger partial charge < -0.3 is 15.5 Å². The van der Waals surface area contributed by atoms with Crippen molar-refractivity contribution in [1.29, 1.82) is 0 Å². The maximum absolute atomic E-state index is 12.5. The highest BCUT2D eigenvalue weighted by atomic mass is 16.1. The van der Waals surface area contributed by atoms with Crippen molar-refractivity contribution in [2.24, 2.45) is 0 Å². The number of anilines is 3. The second-order valence-corrected chi connectivity index (χ2v) is 6.69. The fraction of sp³-hybridized carbons (Fsp3) is 0.238. The van der Waals surface area contributed by atoms with E-state index in [4.69, 9.17) is 0 Å². The van der Waals surface area contributed by atoms with Gasteiger partial charge in [-0.15, -0.1) is 0 Å². The normalized spacial score (nSPS) is 13.4. The predicted octanol–water partition coefficient (Wildman–Crippen LogP) is 3.34. The molecule has 0 radical (unpaired) electrons. The zero-order chi connectivity index (χ0) is 19.2. The topological polar surface area (TPSA) is 83.0 Å². The molecule has 1 aliphatic heterocycles. The lowest BCUT2D eigenvalue weighted by Gasteiger charge is -2.17. The van der Waals surface area contributed by atoms with Crippen molar-refractivity contribution in [2.75, 3.05) is 28.6 Å². The standard InChI is InChI=1S/C21H22N6O/c28-21(26-17-3-5-18(6-4-17)27-11-1-2-12-27)19-13-20(25-15-24-19)23-14-16-7-9-22-10-8-16/h3-10,13,15H,1-2,11-12,14H2,(H,26,28)(H,23,24,25). The number of nitrogens with one attached hydrogen (secondary N) is 2. The molecule has 7 heteroatoms. The molecule has 1 fully saturated rings. The lowest BCUT2D eigenvalue weighted by atomic mass is 10.2. The van der Waals surface area contributed by atoms with Crippen molar-refractivity contribution in [2.45, 2.75) is 19.4 Å². The largest absolute Gasteiger partial charge is 0.372 e. The molecular formula is C21H22N6O. The first-order chi connectivity index (χ1) is 13.8. The minimum Gasteiger partial charge on any atom is -0.372 e. The first-order valence-corrected chi connectivity index (χ1v) is 9.39. The molecule has 4 rings (SSSR count). The third kappa shape index (κ3) is 4.43. The van der Waals surface area contributed by atoms with E-state index in [2.05, 4.69) is 30.5 Å². The highest BCUT2D eigenvalue weighted by Crippen LogP contribution is 2.22. The fourth-order valence-corrected chi connectivity index (χ4v) is 3.20. The molecule has 7 nitrogen and oxygen atoms in total. The number of nitrogens with zero attached hydrogens (tertiary/aromatic N) is 4. The lowest BCUT2D eigenvalue weighted by Crippen LogP contribution is -2.18. The van der Waals surface area contributed by atoms with Crippen molar-refractivity contribution in [3.63, 3.8) is 0 Å². The van der Waals surface area contributed by atoms with E-state index < -0.39 is 0 Å². The molecule has 0 spiro atoms. The lowest BCUT2D eigenvalue weighted by molar-refractivity contribution is 0.102. The molecule has 3 aromatic rings. The molecular weight excluding hydrogens is 352 g/mol. The van der Waals surface area contributed by atoms with Gasteiger partial charge in [0.05, 0.1) is 0 Å². The average Bonchev–Trinajstić information content (AvgIpc) is 3.29. The van der Waals surface area contributed by atoms with Gasteiger partial charge in [-0.2, -0.15) is 0 Å². The molecule has 0 bridgehead atoms. The van der Waals surface area contributed by atoms with Gasteiger partial charge >= 0.3 is 0 Å². The SMILES string of the molecule is O=C(Nc1ccc(N2CCCC2)cc1)c1cc(NCc2ccncc2)ncn1. The Morgan fingerprint density at radius 1 is 1.00 bits per heavy atom. The number of carbonyl (C=O) groups is 1. The van der Waals surface area contributed by atoms with Gasteiger partial charge in [-0.3, -0.25) is 9.78 Å². The Balaban J connectivity index is 1.37. The van der Waals surface area contributed by atoms with Crippen LogP contribution in [0.4, 0.5) is 17.2 Å². The Morgan fingerprint density at radius 3 is 2.50 bits per heavy atom. The Hall–Kier alpha value is -3.48. The van der Waals surface area contributed by atoms with Gasteiger partial charge in [0, 0.05) is 49.5 Å². The van der Waals surface area contributed by atoms with Gasteiger partial charge in [-0.25, -0.2) is 9.97 Å². The van der Waals surface area contributed by atoms with Crippen molar-refractivity contribution in [3.8, 4) is 0 Å². The highest BCUT2D eigenvalue weighted by Gasteiger charge is 2.13. The van der Waals surface area contributed by atoms with Crippen molar-refractivity contribution in [1.82, 2.24) is 15.0 Å². The molecule has 2 N–H and O–H groups in total. The maximum Gasteiger partial charge on any atom is 0.274 e. The van der Waals surface area contributed by atoms with Gasteiger partial charge in [0.15, 0.2) is 0 Å². The summed E-state index contributed by atoms with van der Waals surface area (Å²) in [6.45, 7) is 2.79. The highest BCUT2D eigenvalue weighted by molar-refractivity contribution is 6.03. The Morgan fingerprint density at radius 2 is 1.75 bits per heavy atom. The van der Waals surface area contributed by atoms with Crippen LogP contribution in [-0.4, -0.2) is 33.9 Å². The van der Waals surface area contributed by atoms with E-state index in [9.17, 15) is 4.79 Å². The van der Waals surface area contributed by atoms with Gasteiger partial charge in [0.2, 0.25) is 0 Å². The van der Waals surface area contributed by atoms with E-state index in [0.717, 1.165) is 24.3 Å². The number of hydrogen-bond acceptors (Lipinski definition) is 6. The third-order valence-corrected chi connectivity index (χ3v) is 4.72. The minimum atomic E-state index is -0.261. The van der Waals surface area contributed by atoms with E-state index in [-0.39, 0.29) is 5.91 Å². The molecule has 1 saturated heterocycles. The van der Waals surface area contributed by atoms with E-state index in [0.29, 0.717) is 18.1 Å². The summed E-state index contributed by atoms with van der Waals surface area (Å²) >= 11 is 0. The Labute approximate surface area is 163 Å². The summed E-state index contributed by atoms with van der Waals surface area (Å²) in [4.78, 5) is 27.2. The molecule has 1 amide bonds. The molecule has 142 valence electrons. The van der Waals surface area contributed by atoms with E-state index in [1.807, 2.05) is 36.4 Å². The van der Waals surface area contributed by atoms with Crippen LogP contribution in [-0.2, 0) is 6.54 Å². The molecule has 0 unspecified atom stereocenters. The quantitative estimate of drug-likeness (QED) is 0.689. The van der Waals surface area contributed by atoms with Crippen LogP contribution in [0, 0.1) is 0 Å². The van der Waals surface area contributed by atoms with Crippen LogP contribution in [0.2, 0.25) is 0 Å². The summed E-state index contributed by atoms with van der Waals surface area (Å²) in [5.74, 6) is 0.338. The smallest absolute Gasteiger partial charge is 0.274 e. The van der Waals surface area contributed by atoms with Crippen LogP contribution >= 0.6 is 0 Å². The number of amides is 1. The number of aromatic nitrogens is 3. The fourth-order valence-electron chi connectivity index (χ4n) is 3.20. The van der Waals surface area contributed by atoms with Crippen molar-refractivity contribution in [3.05, 3.63) is 72.4 Å². The van der Waals surface area contributed by atoms with Crippen LogP contribution in [0.15, 0.2) is 61.2 Å². The summed E-state index contributed by atoms with van der Waals surface area (Å²) in [7, 11) is 0. The zero-order valence-corrected chi connectivity index (χ0v) is 15.5. The van der Waals surface area contributed by atoms with E-state index in [1.165, 1.54) is 24.9 Å². The second kappa shape index (κ2) is 8.47. The number of benzene rings is 1. The summed E-state index contributed by atoms with van der Waals surface area (Å²) < 4.78 is 0. The number of pyridine rings is 1. The average molecular weight is 374 g/mol. The summed E-state index contributed by atoms with van der Waals surface area (Å²) in [5, 5.41) is 6.09. The van der Waals surface area contributed by atoms with E-state index >= 15 is 0 Å². The molecule has 28 heavy (non-hydrogen) atoms. The van der Waals surface area contributed by atoms with Crippen LogP contribution in [0.1, 0.15) is 28.9 Å². The van der Waals surface area contributed by atoms with Crippen molar-refractivity contribution < 1.29 is 4.79 Å². The molecule has 2 aromatic heterocycles. The predicted molar refractivity (Wildman–Crippen MR) is 109 cm³/mol. The Kier molecular flexibility index (Phi) is 5.42. The van der Waals surface area contributed by atoms with Crippen molar-refractivity contribution >= 4 is 23.1 Å². The molecule has 3 heterocycles. The molecule has 0 atom stereocenters.